The van der Waals surface area contributed by atoms with Crippen molar-refractivity contribution in [1.29, 1.82) is 0 Å². The number of anilines is 1. The van der Waals surface area contributed by atoms with Crippen LogP contribution in [0.5, 0.6) is 5.88 Å². The zero-order chi connectivity index (χ0) is 29.1. The van der Waals surface area contributed by atoms with Gasteiger partial charge in [-0.1, -0.05) is 54.1 Å². The smallest absolute Gasteiger partial charge is 0.244 e. The maximum absolute atomic E-state index is 14.1. The second-order valence-electron chi connectivity index (χ2n) is 10.8. The Morgan fingerprint density at radius 3 is 2.55 bits per heavy atom. The molecule has 4 N–H and O–H groups in total. The molecule has 1 amide bonds. The molecule has 2 aliphatic heterocycles. The lowest BCUT2D eigenvalue weighted by Crippen LogP contribution is -2.52. The van der Waals surface area contributed by atoms with Crippen molar-refractivity contribution in [2.45, 2.75) is 30.9 Å². The molecule has 2 aromatic carbocycles. The van der Waals surface area contributed by atoms with E-state index in [9.17, 15) is 15.0 Å². The summed E-state index contributed by atoms with van der Waals surface area (Å²) in [5.74, 6) is 0.173. The number of ether oxygens (including phenoxy) is 1. The number of hydrogen-bond acceptors (Lipinski definition) is 8. The highest BCUT2D eigenvalue weighted by atomic mass is 35.5. The summed E-state index contributed by atoms with van der Waals surface area (Å²) in [6, 6.07) is 17.8. The Bertz CT molecular complexity index is 1500. The van der Waals surface area contributed by atoms with Crippen molar-refractivity contribution >= 4 is 34.2 Å². The van der Waals surface area contributed by atoms with Gasteiger partial charge in [-0.05, 0) is 42.6 Å². The van der Waals surface area contributed by atoms with Crippen LogP contribution in [0, 0.1) is 0 Å². The third-order valence-electron chi connectivity index (χ3n) is 8.14. The van der Waals surface area contributed by atoms with Crippen molar-refractivity contribution in [3.63, 3.8) is 0 Å². The molecular formula is C31H35ClN6O4. The summed E-state index contributed by atoms with van der Waals surface area (Å²) in [4.78, 5) is 22.9. The first-order valence-corrected chi connectivity index (χ1v) is 14.8. The second-order valence-corrected chi connectivity index (χ2v) is 11.3. The number of fused-ring (bicyclic) bond motifs is 1. The number of nitrogens with one attached hydrogen (secondary N) is 2. The highest BCUT2D eigenvalue weighted by molar-refractivity contribution is 6.30. The number of carbonyl (C=O) groups excluding carboxylic acids is 1. The van der Waals surface area contributed by atoms with Gasteiger partial charge < -0.3 is 30.1 Å². The summed E-state index contributed by atoms with van der Waals surface area (Å²) in [7, 11) is 0. The average molecular weight is 591 g/mol. The maximum Gasteiger partial charge on any atom is 0.244 e. The monoisotopic (exact) mass is 590 g/mol. The predicted molar refractivity (Wildman–Crippen MR) is 162 cm³/mol. The minimum Gasteiger partial charge on any atom is -0.473 e. The summed E-state index contributed by atoms with van der Waals surface area (Å²) >= 11 is 6.16. The number of carbonyl (C=O) groups is 1. The van der Waals surface area contributed by atoms with Gasteiger partial charge in [0, 0.05) is 49.0 Å². The lowest BCUT2D eigenvalue weighted by molar-refractivity contribution is -0.133. The van der Waals surface area contributed by atoms with Gasteiger partial charge in [0.25, 0.3) is 0 Å². The number of aliphatic hydroxyl groups excluding tert-OH is 2. The van der Waals surface area contributed by atoms with E-state index in [-0.39, 0.29) is 24.5 Å². The number of halogens is 1. The van der Waals surface area contributed by atoms with Gasteiger partial charge >= 0.3 is 0 Å². The third kappa shape index (κ3) is 5.80. The number of H-pyrrole nitrogens is 1. The second kappa shape index (κ2) is 12.7. The van der Waals surface area contributed by atoms with Crippen LogP contribution < -0.4 is 15.0 Å². The number of aliphatic hydroxyl groups is 2. The van der Waals surface area contributed by atoms with E-state index in [1.54, 1.807) is 0 Å². The van der Waals surface area contributed by atoms with Crippen LogP contribution in [0.1, 0.15) is 24.3 Å². The molecule has 4 heterocycles. The fraction of sp³-hybridized carbons (Fsp3) is 0.387. The number of rotatable bonds is 9. The maximum atomic E-state index is 14.1. The number of benzene rings is 2. The number of aromatic nitrogens is 3. The number of piperazine rings is 1. The molecule has 42 heavy (non-hydrogen) atoms. The van der Waals surface area contributed by atoms with Gasteiger partial charge in [-0.25, -0.2) is 4.98 Å². The Hall–Kier alpha value is -3.70. The highest BCUT2D eigenvalue weighted by Crippen LogP contribution is 2.40. The molecule has 0 aliphatic carbocycles. The highest BCUT2D eigenvalue weighted by Gasteiger charge is 2.36. The van der Waals surface area contributed by atoms with Crippen molar-refractivity contribution in [3.8, 4) is 17.0 Å². The van der Waals surface area contributed by atoms with Gasteiger partial charge in [0.1, 0.15) is 18.1 Å². The van der Waals surface area contributed by atoms with Gasteiger partial charge in [0.2, 0.25) is 11.8 Å². The van der Waals surface area contributed by atoms with Crippen LogP contribution >= 0.6 is 11.6 Å². The Balaban J connectivity index is 1.29. The summed E-state index contributed by atoms with van der Waals surface area (Å²) in [5, 5.41) is 31.3. The Morgan fingerprint density at radius 1 is 1.10 bits per heavy atom. The average Bonchev–Trinajstić information content (AvgIpc) is 3.71. The number of pyridine rings is 1. The van der Waals surface area contributed by atoms with Crippen molar-refractivity contribution in [1.82, 2.24) is 25.4 Å². The lowest BCUT2D eigenvalue weighted by Gasteiger charge is -2.39. The van der Waals surface area contributed by atoms with Crippen molar-refractivity contribution in [3.05, 3.63) is 71.4 Å². The van der Waals surface area contributed by atoms with Crippen LogP contribution in [0.3, 0.4) is 0 Å². The zero-order valence-corrected chi connectivity index (χ0v) is 24.0. The lowest BCUT2D eigenvalue weighted by atomic mass is 9.89. The fourth-order valence-electron chi connectivity index (χ4n) is 6.00. The van der Waals surface area contributed by atoms with Crippen molar-refractivity contribution < 1.29 is 19.7 Å². The SMILES string of the molecule is O=C([C@@H](c1ccc(Cl)cc1)[C@@H]1CCCN1)N1CCN(c2c(-c3ccccc3)cnc3[nH]nc(OC[C@@H](O)CO)c23)CC1. The molecule has 0 radical (unpaired) electrons. The van der Waals surface area contributed by atoms with E-state index in [0.29, 0.717) is 48.1 Å². The molecule has 2 fully saturated rings. The summed E-state index contributed by atoms with van der Waals surface area (Å²) in [6.07, 6.45) is 2.82. The van der Waals surface area contributed by atoms with Gasteiger partial charge in [0.05, 0.1) is 18.2 Å². The molecule has 2 saturated heterocycles. The molecule has 10 nitrogen and oxygen atoms in total. The molecule has 6 rings (SSSR count). The first kappa shape index (κ1) is 28.4. The molecule has 2 aliphatic rings. The Labute approximate surface area is 249 Å². The van der Waals surface area contributed by atoms with Crippen LogP contribution in [-0.2, 0) is 4.79 Å². The van der Waals surface area contributed by atoms with E-state index in [1.807, 2.05) is 65.7 Å². The zero-order valence-electron chi connectivity index (χ0n) is 23.2. The molecule has 11 heteroatoms. The fourth-order valence-corrected chi connectivity index (χ4v) is 6.12. The molecular weight excluding hydrogens is 556 g/mol. The first-order chi connectivity index (χ1) is 20.5. The van der Waals surface area contributed by atoms with Crippen LogP contribution in [0.25, 0.3) is 22.2 Å². The summed E-state index contributed by atoms with van der Waals surface area (Å²) in [5.41, 5.74) is 4.38. The van der Waals surface area contributed by atoms with Gasteiger partial charge in [-0.15, -0.1) is 5.10 Å². The molecule has 4 aromatic rings. The van der Waals surface area contributed by atoms with Gasteiger partial charge in [-0.2, -0.15) is 0 Å². The molecule has 220 valence electrons. The molecule has 0 spiro atoms. The molecule has 0 saturated carbocycles. The van der Waals surface area contributed by atoms with E-state index in [2.05, 4.69) is 25.4 Å². The van der Waals surface area contributed by atoms with Gasteiger partial charge in [0.15, 0.2) is 5.65 Å². The number of aromatic amines is 1. The van der Waals surface area contributed by atoms with Crippen LogP contribution in [0.2, 0.25) is 5.02 Å². The molecule has 3 atom stereocenters. The van der Waals surface area contributed by atoms with Crippen LogP contribution in [0.15, 0.2) is 60.8 Å². The quantitative estimate of drug-likeness (QED) is 0.234. The van der Waals surface area contributed by atoms with E-state index in [4.69, 9.17) is 16.3 Å². The number of amides is 1. The summed E-state index contributed by atoms with van der Waals surface area (Å²) < 4.78 is 5.84. The van der Waals surface area contributed by atoms with E-state index < -0.39 is 12.7 Å². The third-order valence-corrected chi connectivity index (χ3v) is 8.39. The van der Waals surface area contributed by atoms with E-state index in [1.165, 1.54) is 0 Å². The van der Waals surface area contributed by atoms with Crippen LogP contribution in [0.4, 0.5) is 5.69 Å². The van der Waals surface area contributed by atoms with E-state index in [0.717, 1.165) is 41.8 Å². The van der Waals surface area contributed by atoms with Gasteiger partial charge in [-0.3, -0.25) is 9.89 Å². The normalized spacial score (nSPS) is 18.8. The minimum atomic E-state index is -1.03. The molecule has 0 unspecified atom stereocenters. The predicted octanol–water partition coefficient (Wildman–Crippen LogP) is 3.19. The summed E-state index contributed by atoms with van der Waals surface area (Å²) in [6.45, 7) is 2.75. The molecule has 0 bridgehead atoms. The molecule has 2 aromatic heterocycles. The standard InChI is InChI=1S/C31H35ClN6O4/c32-22-10-8-21(9-11-22)26(25-7-4-12-33-25)31(41)38-15-13-37(14-16-38)28-24(20-5-2-1-3-6-20)17-34-29-27(28)30(36-35-29)42-19-23(40)18-39/h1-3,5-6,8-11,17,23,25-26,33,39-40H,4,7,12-16,18-19H2,(H,34,35,36)/t23-,25-,26-/m0/s1. The number of nitrogens with zero attached hydrogens (tertiary/aromatic N) is 4. The Kier molecular flexibility index (Phi) is 8.57. The largest absolute Gasteiger partial charge is 0.473 e. The minimum absolute atomic E-state index is 0.0983. The Morgan fingerprint density at radius 2 is 1.86 bits per heavy atom. The van der Waals surface area contributed by atoms with Crippen molar-refractivity contribution in [2.75, 3.05) is 50.8 Å². The topological polar surface area (TPSA) is 127 Å². The van der Waals surface area contributed by atoms with Crippen LogP contribution in [-0.4, -0.2) is 94.3 Å². The van der Waals surface area contributed by atoms with Crippen molar-refractivity contribution in [2.24, 2.45) is 0 Å². The number of hydrogen-bond donors (Lipinski definition) is 4. The first-order valence-electron chi connectivity index (χ1n) is 14.4. The van der Waals surface area contributed by atoms with E-state index >= 15 is 0 Å².